The topological polar surface area (TPSA) is 20.3 Å². The molecule has 2 nitrogen and oxygen atoms in total. The summed E-state index contributed by atoms with van der Waals surface area (Å²) in [6.45, 7) is 9.64. The Bertz CT molecular complexity index is 435. The summed E-state index contributed by atoms with van der Waals surface area (Å²) in [5, 5.41) is 0. The van der Waals surface area contributed by atoms with Gasteiger partial charge in [-0.15, -0.1) is 12.4 Å². The molecule has 3 heteroatoms. The van der Waals surface area contributed by atoms with Crippen LogP contribution in [0.3, 0.4) is 0 Å². The molecule has 2 rings (SSSR count). The molecule has 118 valence electrons. The molecular formula is C18H28ClNO. The van der Waals surface area contributed by atoms with Crippen molar-refractivity contribution in [2.45, 2.75) is 46.0 Å². The summed E-state index contributed by atoms with van der Waals surface area (Å²) in [5.41, 5.74) is 2.16. The van der Waals surface area contributed by atoms with Crippen molar-refractivity contribution in [3.63, 3.8) is 0 Å². The van der Waals surface area contributed by atoms with Crippen LogP contribution in [0, 0.1) is 5.92 Å². The van der Waals surface area contributed by atoms with Crippen LogP contribution in [0.5, 0.6) is 0 Å². The minimum Gasteiger partial charge on any atom is -0.303 e. The Morgan fingerprint density at radius 2 is 1.62 bits per heavy atom. The fraction of sp³-hybridized carbons (Fsp3) is 0.611. The summed E-state index contributed by atoms with van der Waals surface area (Å²) in [6.07, 6.45) is 3.91. The molecule has 0 aromatic heterocycles. The lowest BCUT2D eigenvalue weighted by atomic mass is 9.95. The number of nitrogens with zero attached hydrogens (tertiary/aromatic N) is 1. The van der Waals surface area contributed by atoms with Crippen LogP contribution in [0.2, 0.25) is 0 Å². The maximum Gasteiger partial charge on any atom is 0.166 e. The van der Waals surface area contributed by atoms with Crippen LogP contribution in [-0.2, 0) is 0 Å². The second-order valence-corrected chi connectivity index (χ2v) is 6.40. The van der Waals surface area contributed by atoms with E-state index in [9.17, 15) is 4.79 Å². The van der Waals surface area contributed by atoms with E-state index in [2.05, 4.69) is 37.8 Å². The van der Waals surface area contributed by atoms with Crippen LogP contribution in [-0.4, -0.2) is 30.3 Å². The minimum atomic E-state index is 0. The first-order valence-corrected chi connectivity index (χ1v) is 7.94. The molecule has 0 radical (unpaired) electrons. The van der Waals surface area contributed by atoms with E-state index < -0.39 is 0 Å². The van der Waals surface area contributed by atoms with Gasteiger partial charge in [0.15, 0.2) is 5.78 Å². The van der Waals surface area contributed by atoms with Crippen molar-refractivity contribution in [1.82, 2.24) is 4.90 Å². The van der Waals surface area contributed by atoms with Crippen molar-refractivity contribution in [3.8, 4) is 0 Å². The van der Waals surface area contributed by atoms with Crippen molar-refractivity contribution >= 4 is 18.2 Å². The van der Waals surface area contributed by atoms with Gasteiger partial charge in [-0.25, -0.2) is 0 Å². The number of benzene rings is 1. The number of Topliss-reactive ketones (excluding diaryl/α,β-unsaturated/α-hetero) is 1. The highest BCUT2D eigenvalue weighted by Gasteiger charge is 2.19. The lowest BCUT2D eigenvalue weighted by Crippen LogP contribution is -2.35. The van der Waals surface area contributed by atoms with E-state index >= 15 is 0 Å². The fourth-order valence-electron chi connectivity index (χ4n) is 2.93. The summed E-state index contributed by atoms with van der Waals surface area (Å²) in [5.74, 6) is 0.897. The predicted octanol–water partition coefficient (Wildman–Crippen LogP) is 4.54. The van der Waals surface area contributed by atoms with Crippen molar-refractivity contribution < 1.29 is 4.79 Å². The smallest absolute Gasteiger partial charge is 0.166 e. The average molecular weight is 310 g/mol. The van der Waals surface area contributed by atoms with Crippen LogP contribution in [0.1, 0.15) is 61.9 Å². The molecule has 21 heavy (non-hydrogen) atoms. The first kappa shape index (κ1) is 18.2. The highest BCUT2D eigenvalue weighted by atomic mass is 35.5. The van der Waals surface area contributed by atoms with Crippen LogP contribution < -0.4 is 0 Å². The van der Waals surface area contributed by atoms with E-state index in [4.69, 9.17) is 0 Å². The summed E-state index contributed by atoms with van der Waals surface area (Å²) >= 11 is 0. The average Bonchev–Trinajstić information content (AvgIpc) is 2.47. The van der Waals surface area contributed by atoms with Gasteiger partial charge in [0, 0.05) is 18.0 Å². The number of rotatable bonds is 5. The molecule has 0 amide bonds. The number of halogens is 1. The number of hydrogen-bond acceptors (Lipinski definition) is 2. The zero-order valence-corrected chi connectivity index (χ0v) is 14.3. The molecule has 1 aliphatic rings. The van der Waals surface area contributed by atoms with E-state index in [0.29, 0.717) is 5.92 Å². The Balaban J connectivity index is 0.00000220. The number of carbonyl (C=O) groups is 1. The Hall–Kier alpha value is -0.860. The molecule has 1 atom stereocenters. The van der Waals surface area contributed by atoms with E-state index in [-0.39, 0.29) is 24.1 Å². The lowest BCUT2D eigenvalue weighted by molar-refractivity contribution is 0.0883. The summed E-state index contributed by atoms with van der Waals surface area (Å²) in [4.78, 5) is 14.9. The molecule has 0 aliphatic carbocycles. The zero-order valence-electron chi connectivity index (χ0n) is 13.5. The van der Waals surface area contributed by atoms with Gasteiger partial charge in [0.05, 0.1) is 0 Å². The highest BCUT2D eigenvalue weighted by molar-refractivity contribution is 5.97. The number of ketones is 1. The Labute approximate surface area is 135 Å². The fourth-order valence-corrected chi connectivity index (χ4v) is 2.93. The third-order valence-corrected chi connectivity index (χ3v) is 4.29. The van der Waals surface area contributed by atoms with E-state index in [0.717, 1.165) is 25.2 Å². The SMILES string of the molecule is CC(CN1CCCCC1)C(=O)c1ccc(C(C)C)cc1.Cl. The third-order valence-electron chi connectivity index (χ3n) is 4.29. The molecule has 1 aliphatic heterocycles. The van der Waals surface area contributed by atoms with Crippen molar-refractivity contribution in [3.05, 3.63) is 35.4 Å². The van der Waals surface area contributed by atoms with Crippen LogP contribution in [0.15, 0.2) is 24.3 Å². The molecule has 1 fully saturated rings. The summed E-state index contributed by atoms with van der Waals surface area (Å²) in [7, 11) is 0. The second-order valence-electron chi connectivity index (χ2n) is 6.40. The predicted molar refractivity (Wildman–Crippen MR) is 91.6 cm³/mol. The molecule has 0 spiro atoms. The first-order chi connectivity index (χ1) is 9.58. The van der Waals surface area contributed by atoms with Crippen LogP contribution >= 0.6 is 12.4 Å². The molecule has 1 aromatic carbocycles. The van der Waals surface area contributed by atoms with Gasteiger partial charge in [-0.1, -0.05) is 51.5 Å². The van der Waals surface area contributed by atoms with Gasteiger partial charge in [-0.3, -0.25) is 4.79 Å². The van der Waals surface area contributed by atoms with Gasteiger partial charge >= 0.3 is 0 Å². The molecular weight excluding hydrogens is 282 g/mol. The van der Waals surface area contributed by atoms with Gasteiger partial charge in [0.1, 0.15) is 0 Å². The second kappa shape index (κ2) is 8.55. The van der Waals surface area contributed by atoms with Gasteiger partial charge in [-0.05, 0) is 37.4 Å². The Morgan fingerprint density at radius 1 is 1.05 bits per heavy atom. The minimum absolute atomic E-state index is 0. The third kappa shape index (κ3) is 5.12. The van der Waals surface area contributed by atoms with Crippen molar-refractivity contribution in [2.24, 2.45) is 5.92 Å². The number of hydrogen-bond donors (Lipinski definition) is 0. The van der Waals surface area contributed by atoms with Gasteiger partial charge in [0.25, 0.3) is 0 Å². The largest absolute Gasteiger partial charge is 0.303 e. The first-order valence-electron chi connectivity index (χ1n) is 7.94. The molecule has 1 saturated heterocycles. The van der Waals surface area contributed by atoms with Crippen molar-refractivity contribution in [2.75, 3.05) is 19.6 Å². The summed E-state index contributed by atoms with van der Waals surface area (Å²) in [6, 6.07) is 8.16. The molecule has 1 unspecified atom stereocenters. The highest BCUT2D eigenvalue weighted by Crippen LogP contribution is 2.18. The lowest BCUT2D eigenvalue weighted by Gasteiger charge is -2.28. The van der Waals surface area contributed by atoms with Crippen LogP contribution in [0.25, 0.3) is 0 Å². The Morgan fingerprint density at radius 3 is 2.14 bits per heavy atom. The maximum absolute atomic E-state index is 12.5. The summed E-state index contributed by atoms with van der Waals surface area (Å²) < 4.78 is 0. The molecule has 0 bridgehead atoms. The molecule has 1 aromatic rings. The van der Waals surface area contributed by atoms with Gasteiger partial charge < -0.3 is 4.90 Å². The zero-order chi connectivity index (χ0) is 14.5. The number of carbonyl (C=O) groups excluding carboxylic acids is 1. The van der Waals surface area contributed by atoms with Crippen molar-refractivity contribution in [1.29, 1.82) is 0 Å². The van der Waals surface area contributed by atoms with E-state index in [1.165, 1.54) is 24.8 Å². The standard InChI is InChI=1S/C18H27NO.ClH/c1-14(2)16-7-9-17(10-8-16)18(20)15(3)13-19-11-5-4-6-12-19;/h7-10,14-15H,4-6,11-13H2,1-3H3;1H. The normalized spacial score (nSPS) is 17.3. The molecule has 0 N–H and O–H groups in total. The quantitative estimate of drug-likeness (QED) is 0.744. The van der Waals surface area contributed by atoms with E-state index in [1.807, 2.05) is 12.1 Å². The number of likely N-dealkylation sites (tertiary alicyclic amines) is 1. The Kier molecular flexibility index (Phi) is 7.41. The maximum atomic E-state index is 12.5. The van der Waals surface area contributed by atoms with Gasteiger partial charge in [-0.2, -0.15) is 0 Å². The molecule has 0 saturated carbocycles. The monoisotopic (exact) mass is 309 g/mol. The van der Waals surface area contributed by atoms with Crippen LogP contribution in [0.4, 0.5) is 0 Å². The number of piperidine rings is 1. The van der Waals surface area contributed by atoms with E-state index in [1.54, 1.807) is 0 Å². The molecule has 1 heterocycles. The van der Waals surface area contributed by atoms with Gasteiger partial charge in [0.2, 0.25) is 0 Å².